The monoisotopic (exact) mass is 277 g/mol. The van der Waals surface area contributed by atoms with E-state index in [1.54, 1.807) is 5.38 Å². The van der Waals surface area contributed by atoms with E-state index in [1.165, 1.54) is 29.7 Å². The number of carboxylic acids is 1. The van der Waals surface area contributed by atoms with Crippen LogP contribution in [0.15, 0.2) is 23.7 Å². The number of hydrogen-bond donors (Lipinski definition) is 2. The maximum absolute atomic E-state index is 11.8. The summed E-state index contributed by atoms with van der Waals surface area (Å²) in [4.78, 5) is 30.8. The van der Waals surface area contributed by atoms with E-state index in [4.69, 9.17) is 5.11 Å². The topological polar surface area (TPSA) is 92.2 Å². The second-order valence-corrected chi connectivity index (χ2v) is 4.85. The standard InChI is InChI=1S/C12H11N3O3S/c1-7-14-8(6-19-7)5-10(16)15-11-9(12(17)18)3-2-4-13-11/h2-4,6H,5H2,1H3,(H,17,18)(H,13,15,16). The molecule has 0 saturated heterocycles. The van der Waals surface area contributed by atoms with Gasteiger partial charge >= 0.3 is 5.97 Å². The van der Waals surface area contributed by atoms with Crippen LogP contribution in [-0.4, -0.2) is 27.0 Å². The van der Waals surface area contributed by atoms with Crippen molar-refractivity contribution in [3.63, 3.8) is 0 Å². The highest BCUT2D eigenvalue weighted by atomic mass is 32.1. The van der Waals surface area contributed by atoms with Crippen LogP contribution in [0.2, 0.25) is 0 Å². The minimum absolute atomic E-state index is 0.0368. The summed E-state index contributed by atoms with van der Waals surface area (Å²) in [6.07, 6.45) is 1.52. The van der Waals surface area contributed by atoms with Crippen molar-refractivity contribution < 1.29 is 14.7 Å². The van der Waals surface area contributed by atoms with E-state index in [-0.39, 0.29) is 23.7 Å². The minimum atomic E-state index is -1.13. The van der Waals surface area contributed by atoms with Gasteiger partial charge in [-0.1, -0.05) is 0 Å². The van der Waals surface area contributed by atoms with Crippen LogP contribution in [0.1, 0.15) is 21.1 Å². The molecule has 0 bridgehead atoms. The number of rotatable bonds is 4. The van der Waals surface area contributed by atoms with Gasteiger partial charge in [0.15, 0.2) is 0 Å². The summed E-state index contributed by atoms with van der Waals surface area (Å²) in [6, 6.07) is 2.89. The maximum Gasteiger partial charge on any atom is 0.339 e. The molecule has 0 spiro atoms. The number of carbonyl (C=O) groups excluding carboxylic acids is 1. The van der Waals surface area contributed by atoms with E-state index in [9.17, 15) is 9.59 Å². The first-order valence-electron chi connectivity index (χ1n) is 5.45. The van der Waals surface area contributed by atoms with Gasteiger partial charge in [-0.25, -0.2) is 14.8 Å². The molecule has 98 valence electrons. The van der Waals surface area contributed by atoms with Gasteiger partial charge in [0.2, 0.25) is 5.91 Å². The number of nitrogens with zero attached hydrogens (tertiary/aromatic N) is 2. The zero-order valence-corrected chi connectivity index (χ0v) is 10.9. The molecule has 0 aromatic carbocycles. The quantitative estimate of drug-likeness (QED) is 0.887. The van der Waals surface area contributed by atoms with Gasteiger partial charge in [0, 0.05) is 11.6 Å². The van der Waals surface area contributed by atoms with E-state index < -0.39 is 5.97 Å². The minimum Gasteiger partial charge on any atom is -0.478 e. The van der Waals surface area contributed by atoms with Crippen molar-refractivity contribution in [2.45, 2.75) is 13.3 Å². The number of pyridine rings is 1. The molecule has 6 nitrogen and oxygen atoms in total. The molecule has 0 fully saturated rings. The summed E-state index contributed by atoms with van der Waals surface area (Å²) in [7, 11) is 0. The Kier molecular flexibility index (Phi) is 3.86. The van der Waals surface area contributed by atoms with Crippen molar-refractivity contribution in [1.29, 1.82) is 0 Å². The van der Waals surface area contributed by atoms with Crippen molar-refractivity contribution in [1.82, 2.24) is 9.97 Å². The van der Waals surface area contributed by atoms with E-state index in [0.717, 1.165) is 5.01 Å². The lowest BCUT2D eigenvalue weighted by molar-refractivity contribution is -0.115. The molecule has 2 N–H and O–H groups in total. The Balaban J connectivity index is 2.09. The fourth-order valence-corrected chi connectivity index (χ4v) is 2.12. The molecule has 0 aliphatic heterocycles. The van der Waals surface area contributed by atoms with E-state index in [2.05, 4.69) is 15.3 Å². The number of carbonyl (C=O) groups is 2. The Labute approximate surface area is 113 Å². The lowest BCUT2D eigenvalue weighted by Crippen LogP contribution is -2.18. The lowest BCUT2D eigenvalue weighted by atomic mass is 10.2. The first-order chi connectivity index (χ1) is 9.06. The number of aromatic nitrogens is 2. The van der Waals surface area contributed by atoms with Gasteiger partial charge in [-0.15, -0.1) is 11.3 Å². The van der Waals surface area contributed by atoms with Gasteiger partial charge < -0.3 is 10.4 Å². The molecule has 2 aromatic rings. The van der Waals surface area contributed by atoms with Gasteiger partial charge in [-0.3, -0.25) is 4.79 Å². The van der Waals surface area contributed by atoms with Crippen molar-refractivity contribution in [2.75, 3.05) is 5.32 Å². The van der Waals surface area contributed by atoms with Crippen LogP contribution >= 0.6 is 11.3 Å². The molecule has 2 rings (SSSR count). The summed E-state index contributed by atoms with van der Waals surface area (Å²) in [6.45, 7) is 1.85. The molecule has 0 radical (unpaired) electrons. The predicted molar refractivity (Wildman–Crippen MR) is 70.4 cm³/mol. The second kappa shape index (κ2) is 5.57. The Morgan fingerprint density at radius 2 is 2.26 bits per heavy atom. The SMILES string of the molecule is Cc1nc(CC(=O)Nc2ncccc2C(=O)O)cs1. The average Bonchev–Trinajstić information content (AvgIpc) is 2.75. The van der Waals surface area contributed by atoms with Gasteiger partial charge in [0.05, 0.1) is 17.1 Å². The highest BCUT2D eigenvalue weighted by molar-refractivity contribution is 7.09. The van der Waals surface area contributed by atoms with Gasteiger partial charge in [0.25, 0.3) is 0 Å². The Hall–Kier alpha value is -2.28. The lowest BCUT2D eigenvalue weighted by Gasteiger charge is -2.05. The number of hydrogen-bond acceptors (Lipinski definition) is 5. The van der Waals surface area contributed by atoms with E-state index >= 15 is 0 Å². The molecule has 0 atom stereocenters. The molecule has 19 heavy (non-hydrogen) atoms. The molecular formula is C12H11N3O3S. The average molecular weight is 277 g/mol. The smallest absolute Gasteiger partial charge is 0.339 e. The number of aryl methyl sites for hydroxylation is 1. The fourth-order valence-electron chi connectivity index (χ4n) is 1.51. The summed E-state index contributed by atoms with van der Waals surface area (Å²) < 4.78 is 0. The van der Waals surface area contributed by atoms with E-state index in [1.807, 2.05) is 6.92 Å². The van der Waals surface area contributed by atoms with Crippen molar-refractivity contribution in [3.05, 3.63) is 40.0 Å². The summed E-state index contributed by atoms with van der Waals surface area (Å²) in [5.74, 6) is -1.42. The summed E-state index contributed by atoms with van der Waals surface area (Å²) in [5, 5.41) is 14.1. The molecule has 2 aromatic heterocycles. The molecule has 1 amide bonds. The van der Waals surface area contributed by atoms with Crippen LogP contribution in [0, 0.1) is 6.92 Å². The number of anilines is 1. The van der Waals surface area contributed by atoms with Crippen LogP contribution in [0.4, 0.5) is 5.82 Å². The predicted octanol–water partition coefficient (Wildman–Crippen LogP) is 1.73. The first kappa shape index (κ1) is 13.2. The molecular weight excluding hydrogens is 266 g/mol. The zero-order chi connectivity index (χ0) is 13.8. The Morgan fingerprint density at radius 1 is 1.47 bits per heavy atom. The number of nitrogens with one attached hydrogen (secondary N) is 1. The number of carboxylic acid groups (broad SMARTS) is 1. The second-order valence-electron chi connectivity index (χ2n) is 3.79. The van der Waals surface area contributed by atoms with Crippen LogP contribution in [0.3, 0.4) is 0 Å². The molecule has 0 aliphatic carbocycles. The number of aromatic carboxylic acids is 1. The highest BCUT2D eigenvalue weighted by Crippen LogP contribution is 2.13. The number of amides is 1. The van der Waals surface area contributed by atoms with Crippen LogP contribution < -0.4 is 5.32 Å². The summed E-state index contributed by atoms with van der Waals surface area (Å²) >= 11 is 1.46. The highest BCUT2D eigenvalue weighted by Gasteiger charge is 2.14. The zero-order valence-electron chi connectivity index (χ0n) is 10.1. The largest absolute Gasteiger partial charge is 0.478 e. The van der Waals surface area contributed by atoms with Crippen molar-refractivity contribution >= 4 is 29.0 Å². The fraction of sp³-hybridized carbons (Fsp3) is 0.167. The Morgan fingerprint density at radius 3 is 2.89 bits per heavy atom. The first-order valence-corrected chi connectivity index (χ1v) is 6.33. The third-order valence-corrected chi connectivity index (χ3v) is 3.13. The van der Waals surface area contributed by atoms with Crippen LogP contribution in [0.25, 0.3) is 0 Å². The summed E-state index contributed by atoms with van der Waals surface area (Å²) in [5.41, 5.74) is 0.623. The van der Waals surface area contributed by atoms with E-state index in [0.29, 0.717) is 5.69 Å². The molecule has 0 saturated carbocycles. The molecule has 0 aliphatic rings. The van der Waals surface area contributed by atoms with Crippen LogP contribution in [-0.2, 0) is 11.2 Å². The number of thiazole rings is 1. The van der Waals surface area contributed by atoms with Crippen molar-refractivity contribution in [2.24, 2.45) is 0 Å². The van der Waals surface area contributed by atoms with Gasteiger partial charge in [-0.05, 0) is 19.1 Å². The maximum atomic E-state index is 11.8. The third-order valence-electron chi connectivity index (χ3n) is 2.30. The third kappa shape index (κ3) is 3.35. The van der Waals surface area contributed by atoms with Crippen LogP contribution in [0.5, 0.6) is 0 Å². The Bertz CT molecular complexity index is 624. The molecule has 0 unspecified atom stereocenters. The molecule has 2 heterocycles. The van der Waals surface area contributed by atoms with Gasteiger partial charge in [0.1, 0.15) is 11.4 Å². The van der Waals surface area contributed by atoms with Gasteiger partial charge in [-0.2, -0.15) is 0 Å². The van der Waals surface area contributed by atoms with Crippen molar-refractivity contribution in [3.8, 4) is 0 Å². The molecule has 7 heteroatoms. The normalized spacial score (nSPS) is 10.2.